The zero-order valence-corrected chi connectivity index (χ0v) is 14.4. The zero-order chi connectivity index (χ0) is 16.8. The fraction of sp³-hybridized carbons (Fsp3) is 0.750. The van der Waals surface area contributed by atoms with E-state index < -0.39 is 0 Å². The van der Waals surface area contributed by atoms with Crippen LogP contribution in [0, 0.1) is 5.92 Å². The summed E-state index contributed by atoms with van der Waals surface area (Å²) in [7, 11) is 5.45. The number of piperidine rings is 1. The molecule has 0 N–H and O–H groups in total. The smallest absolute Gasteiger partial charge is 0.223 e. The lowest BCUT2D eigenvalue weighted by molar-refractivity contribution is -0.133. The number of amides is 2. The number of likely N-dealkylation sites (tertiary alicyclic amines) is 1. The van der Waals surface area contributed by atoms with Crippen molar-refractivity contribution in [3.8, 4) is 0 Å². The second-order valence-corrected chi connectivity index (χ2v) is 6.53. The SMILES string of the molecule is CN(C)C(=O)CC[C@@H]1CCCN(C(=O)CCc2nncn2C)C1. The fourth-order valence-corrected chi connectivity index (χ4v) is 2.99. The average Bonchev–Trinajstić information content (AvgIpc) is 2.95. The van der Waals surface area contributed by atoms with Crippen LogP contribution in [0.25, 0.3) is 0 Å². The van der Waals surface area contributed by atoms with Gasteiger partial charge in [-0.25, -0.2) is 0 Å². The molecule has 128 valence electrons. The third kappa shape index (κ3) is 5.04. The van der Waals surface area contributed by atoms with Gasteiger partial charge in [-0.3, -0.25) is 9.59 Å². The first-order valence-electron chi connectivity index (χ1n) is 8.28. The van der Waals surface area contributed by atoms with Crippen molar-refractivity contribution in [2.24, 2.45) is 13.0 Å². The monoisotopic (exact) mass is 321 g/mol. The van der Waals surface area contributed by atoms with E-state index in [1.807, 2.05) is 16.5 Å². The molecule has 7 nitrogen and oxygen atoms in total. The van der Waals surface area contributed by atoms with Gasteiger partial charge in [0.25, 0.3) is 0 Å². The standard InChI is InChI=1S/C16H27N5O2/c1-19(2)15(22)8-6-13-5-4-10-21(11-13)16(23)9-7-14-18-17-12-20(14)3/h12-13H,4-11H2,1-3H3/t13-/m0/s1. The van der Waals surface area contributed by atoms with E-state index in [4.69, 9.17) is 0 Å². The van der Waals surface area contributed by atoms with Crippen LogP contribution in [0.1, 0.15) is 37.9 Å². The van der Waals surface area contributed by atoms with Gasteiger partial charge in [-0.1, -0.05) is 0 Å². The number of aromatic nitrogens is 3. The molecule has 2 heterocycles. The van der Waals surface area contributed by atoms with Crippen molar-refractivity contribution in [3.05, 3.63) is 12.2 Å². The molecule has 2 rings (SSSR count). The quantitative estimate of drug-likeness (QED) is 0.779. The van der Waals surface area contributed by atoms with Gasteiger partial charge in [0.05, 0.1) is 0 Å². The second-order valence-electron chi connectivity index (χ2n) is 6.53. The van der Waals surface area contributed by atoms with E-state index in [2.05, 4.69) is 10.2 Å². The van der Waals surface area contributed by atoms with Gasteiger partial charge in [-0.15, -0.1) is 10.2 Å². The van der Waals surface area contributed by atoms with Crippen LogP contribution < -0.4 is 0 Å². The van der Waals surface area contributed by atoms with Crippen molar-refractivity contribution < 1.29 is 9.59 Å². The largest absolute Gasteiger partial charge is 0.349 e. The highest BCUT2D eigenvalue weighted by Gasteiger charge is 2.24. The molecule has 1 saturated heterocycles. The van der Waals surface area contributed by atoms with Crippen LogP contribution in [0.2, 0.25) is 0 Å². The molecule has 0 radical (unpaired) electrons. The molecule has 1 aromatic heterocycles. The van der Waals surface area contributed by atoms with Crippen LogP contribution in [0.15, 0.2) is 6.33 Å². The maximum absolute atomic E-state index is 12.4. The molecule has 0 spiro atoms. The van der Waals surface area contributed by atoms with E-state index in [1.165, 1.54) is 0 Å². The van der Waals surface area contributed by atoms with E-state index in [0.29, 0.717) is 25.2 Å². The molecule has 1 atom stereocenters. The summed E-state index contributed by atoms with van der Waals surface area (Å²) in [5.41, 5.74) is 0. The predicted molar refractivity (Wildman–Crippen MR) is 86.6 cm³/mol. The number of nitrogens with zero attached hydrogens (tertiary/aromatic N) is 5. The number of carbonyl (C=O) groups is 2. The Morgan fingerprint density at radius 2 is 2.13 bits per heavy atom. The third-order valence-corrected chi connectivity index (χ3v) is 4.50. The Bertz CT molecular complexity index is 540. The van der Waals surface area contributed by atoms with Gasteiger partial charge in [0.15, 0.2) is 0 Å². The fourth-order valence-electron chi connectivity index (χ4n) is 2.99. The van der Waals surface area contributed by atoms with Gasteiger partial charge in [-0.05, 0) is 25.2 Å². The highest BCUT2D eigenvalue weighted by molar-refractivity contribution is 5.76. The summed E-state index contributed by atoms with van der Waals surface area (Å²) in [6, 6.07) is 0. The molecular formula is C16H27N5O2. The molecule has 1 aliphatic rings. The van der Waals surface area contributed by atoms with Crippen molar-refractivity contribution in [3.63, 3.8) is 0 Å². The molecule has 0 aliphatic carbocycles. The number of carbonyl (C=O) groups excluding carboxylic acids is 2. The Balaban J connectivity index is 1.77. The van der Waals surface area contributed by atoms with Crippen LogP contribution in [-0.4, -0.2) is 63.6 Å². The molecule has 1 fully saturated rings. The van der Waals surface area contributed by atoms with Crippen molar-refractivity contribution in [2.75, 3.05) is 27.2 Å². The van der Waals surface area contributed by atoms with Gasteiger partial charge >= 0.3 is 0 Å². The Labute approximate surface area is 137 Å². The van der Waals surface area contributed by atoms with Crippen LogP contribution >= 0.6 is 0 Å². The lowest BCUT2D eigenvalue weighted by Crippen LogP contribution is -2.40. The van der Waals surface area contributed by atoms with Crippen molar-refractivity contribution in [1.82, 2.24) is 24.6 Å². The molecular weight excluding hydrogens is 294 g/mol. The summed E-state index contributed by atoms with van der Waals surface area (Å²) < 4.78 is 1.85. The van der Waals surface area contributed by atoms with Gasteiger partial charge in [0.2, 0.25) is 11.8 Å². The number of hydrogen-bond acceptors (Lipinski definition) is 4. The lowest BCUT2D eigenvalue weighted by atomic mass is 9.93. The van der Waals surface area contributed by atoms with Crippen LogP contribution in [-0.2, 0) is 23.1 Å². The molecule has 1 aliphatic heterocycles. The van der Waals surface area contributed by atoms with E-state index in [-0.39, 0.29) is 11.8 Å². The zero-order valence-electron chi connectivity index (χ0n) is 14.4. The maximum Gasteiger partial charge on any atom is 0.223 e. The van der Waals surface area contributed by atoms with E-state index in [0.717, 1.165) is 38.2 Å². The minimum Gasteiger partial charge on any atom is -0.349 e. The van der Waals surface area contributed by atoms with Crippen LogP contribution in [0.5, 0.6) is 0 Å². The predicted octanol–water partition coefficient (Wildman–Crippen LogP) is 0.855. The summed E-state index contributed by atoms with van der Waals surface area (Å²) in [4.78, 5) is 27.7. The molecule has 1 aromatic rings. The maximum atomic E-state index is 12.4. The third-order valence-electron chi connectivity index (χ3n) is 4.50. The topological polar surface area (TPSA) is 71.3 Å². The summed E-state index contributed by atoms with van der Waals surface area (Å²) in [5, 5.41) is 7.84. The van der Waals surface area contributed by atoms with Crippen LogP contribution in [0.3, 0.4) is 0 Å². The number of hydrogen-bond donors (Lipinski definition) is 0. The minimum atomic E-state index is 0.163. The molecule has 23 heavy (non-hydrogen) atoms. The van der Waals surface area contributed by atoms with E-state index in [1.54, 1.807) is 25.3 Å². The summed E-state index contributed by atoms with van der Waals surface area (Å²) >= 11 is 0. The Morgan fingerprint density at radius 1 is 1.35 bits per heavy atom. The van der Waals surface area contributed by atoms with Gasteiger partial charge in [0, 0.05) is 53.5 Å². The number of aryl methyl sites for hydroxylation is 2. The van der Waals surface area contributed by atoms with Crippen molar-refractivity contribution in [1.29, 1.82) is 0 Å². The first kappa shape index (κ1) is 17.4. The van der Waals surface area contributed by atoms with E-state index >= 15 is 0 Å². The van der Waals surface area contributed by atoms with Gasteiger partial charge in [0.1, 0.15) is 12.2 Å². The summed E-state index contributed by atoms with van der Waals surface area (Å²) in [6.07, 6.45) is 6.30. The Hall–Kier alpha value is -1.92. The number of rotatable bonds is 6. The summed E-state index contributed by atoms with van der Waals surface area (Å²) in [5.74, 6) is 1.61. The van der Waals surface area contributed by atoms with Gasteiger partial charge in [-0.2, -0.15) is 0 Å². The first-order chi connectivity index (χ1) is 11.0. The van der Waals surface area contributed by atoms with Crippen molar-refractivity contribution in [2.45, 2.75) is 38.5 Å². The molecule has 0 saturated carbocycles. The summed E-state index contributed by atoms with van der Waals surface area (Å²) in [6.45, 7) is 1.61. The highest BCUT2D eigenvalue weighted by atomic mass is 16.2. The molecule has 7 heteroatoms. The Morgan fingerprint density at radius 3 is 2.78 bits per heavy atom. The Kier molecular flexibility index (Phi) is 6.12. The van der Waals surface area contributed by atoms with Gasteiger partial charge < -0.3 is 14.4 Å². The molecule has 0 unspecified atom stereocenters. The second kappa shape index (κ2) is 8.08. The normalized spacial score (nSPS) is 18.0. The molecule has 2 amide bonds. The van der Waals surface area contributed by atoms with Crippen LogP contribution in [0.4, 0.5) is 0 Å². The molecule has 0 bridgehead atoms. The first-order valence-corrected chi connectivity index (χ1v) is 8.28. The minimum absolute atomic E-state index is 0.163. The highest BCUT2D eigenvalue weighted by Crippen LogP contribution is 2.22. The molecule has 0 aromatic carbocycles. The van der Waals surface area contributed by atoms with E-state index in [9.17, 15) is 9.59 Å². The van der Waals surface area contributed by atoms with Crippen molar-refractivity contribution >= 4 is 11.8 Å². The lowest BCUT2D eigenvalue weighted by Gasteiger charge is -2.33. The average molecular weight is 321 g/mol.